The van der Waals surface area contributed by atoms with Crippen LogP contribution in [0.15, 0.2) is 0 Å². The van der Waals surface area contributed by atoms with Crippen molar-refractivity contribution in [2.75, 3.05) is 19.8 Å². The summed E-state index contributed by atoms with van der Waals surface area (Å²) in [7, 11) is 0. The lowest BCUT2D eigenvalue weighted by molar-refractivity contribution is -0.145. The van der Waals surface area contributed by atoms with Gasteiger partial charge >= 0.3 is 5.97 Å². The Morgan fingerprint density at radius 2 is 2.06 bits per heavy atom. The zero-order valence-corrected chi connectivity index (χ0v) is 10.9. The predicted molar refractivity (Wildman–Crippen MR) is 66.6 cm³/mol. The molecule has 0 saturated heterocycles. The molecule has 0 spiro atoms. The van der Waals surface area contributed by atoms with Crippen LogP contribution >= 0.6 is 0 Å². The van der Waals surface area contributed by atoms with Gasteiger partial charge in [-0.15, -0.1) is 0 Å². The number of hydrogen-bond acceptors (Lipinski definition) is 4. The summed E-state index contributed by atoms with van der Waals surface area (Å²) in [4.78, 5) is 11.4. The predicted octanol–water partition coefficient (Wildman–Crippen LogP) is 1.33. The van der Waals surface area contributed by atoms with Crippen molar-refractivity contribution in [2.24, 2.45) is 11.8 Å². The molecule has 0 heterocycles. The molecule has 1 fully saturated rings. The second-order valence-corrected chi connectivity index (χ2v) is 4.87. The summed E-state index contributed by atoms with van der Waals surface area (Å²) in [5.41, 5.74) is 0. The van der Waals surface area contributed by atoms with Gasteiger partial charge in [0.1, 0.15) is 6.04 Å². The lowest BCUT2D eigenvalue weighted by Crippen LogP contribution is -2.41. The molecule has 1 rings (SSSR count). The SMILES string of the molecule is CCOC(=O)C(C)NCC1CCCCC1CO. The fraction of sp³-hybridized carbons (Fsp3) is 0.923. The van der Waals surface area contributed by atoms with Gasteiger partial charge < -0.3 is 15.2 Å². The average molecular weight is 243 g/mol. The Labute approximate surface area is 104 Å². The van der Waals surface area contributed by atoms with Gasteiger partial charge in [-0.2, -0.15) is 0 Å². The van der Waals surface area contributed by atoms with Crippen molar-refractivity contribution in [3.8, 4) is 0 Å². The molecule has 1 saturated carbocycles. The molecular formula is C13H25NO3. The molecule has 0 radical (unpaired) electrons. The standard InChI is InChI=1S/C13H25NO3/c1-3-17-13(16)10(2)14-8-11-6-4-5-7-12(11)9-15/h10-12,14-15H,3-9H2,1-2H3. The molecule has 0 amide bonds. The summed E-state index contributed by atoms with van der Waals surface area (Å²) in [5.74, 6) is 0.695. The molecule has 100 valence electrons. The summed E-state index contributed by atoms with van der Waals surface area (Å²) < 4.78 is 4.95. The minimum absolute atomic E-state index is 0.191. The average Bonchev–Trinajstić information content (AvgIpc) is 2.36. The number of rotatable bonds is 6. The minimum Gasteiger partial charge on any atom is -0.465 e. The first kappa shape index (κ1) is 14.5. The summed E-state index contributed by atoms with van der Waals surface area (Å²) in [5, 5.41) is 12.5. The van der Waals surface area contributed by atoms with E-state index in [-0.39, 0.29) is 18.6 Å². The van der Waals surface area contributed by atoms with Crippen molar-refractivity contribution in [1.82, 2.24) is 5.32 Å². The number of esters is 1. The van der Waals surface area contributed by atoms with Gasteiger partial charge in [0.15, 0.2) is 0 Å². The highest BCUT2D eigenvalue weighted by atomic mass is 16.5. The summed E-state index contributed by atoms with van der Waals surface area (Å²) in [6.45, 7) is 5.13. The number of ether oxygens (including phenoxy) is 1. The highest BCUT2D eigenvalue weighted by Crippen LogP contribution is 2.29. The van der Waals surface area contributed by atoms with Gasteiger partial charge in [0, 0.05) is 6.61 Å². The molecule has 0 aromatic heterocycles. The van der Waals surface area contributed by atoms with Crippen molar-refractivity contribution in [3.05, 3.63) is 0 Å². The number of hydrogen-bond donors (Lipinski definition) is 2. The third-order valence-corrected chi connectivity index (χ3v) is 3.63. The molecule has 0 aromatic carbocycles. The third-order valence-electron chi connectivity index (χ3n) is 3.63. The third kappa shape index (κ3) is 4.64. The number of aliphatic hydroxyl groups is 1. The first-order valence-corrected chi connectivity index (χ1v) is 6.69. The van der Waals surface area contributed by atoms with Crippen molar-refractivity contribution in [2.45, 2.75) is 45.6 Å². The van der Waals surface area contributed by atoms with Crippen molar-refractivity contribution < 1.29 is 14.6 Å². The van der Waals surface area contributed by atoms with E-state index in [0.29, 0.717) is 18.4 Å². The lowest BCUT2D eigenvalue weighted by atomic mass is 9.79. The van der Waals surface area contributed by atoms with Crippen LogP contribution < -0.4 is 5.32 Å². The summed E-state index contributed by atoms with van der Waals surface area (Å²) >= 11 is 0. The van der Waals surface area contributed by atoms with Crippen LogP contribution in [0.1, 0.15) is 39.5 Å². The molecule has 1 aliphatic rings. The van der Waals surface area contributed by atoms with E-state index >= 15 is 0 Å². The van der Waals surface area contributed by atoms with Gasteiger partial charge in [-0.05, 0) is 45.1 Å². The van der Waals surface area contributed by atoms with E-state index in [0.717, 1.165) is 19.4 Å². The van der Waals surface area contributed by atoms with E-state index in [4.69, 9.17) is 4.74 Å². The normalized spacial score (nSPS) is 26.5. The zero-order chi connectivity index (χ0) is 12.7. The van der Waals surface area contributed by atoms with Crippen LogP contribution in [0.2, 0.25) is 0 Å². The smallest absolute Gasteiger partial charge is 0.322 e. The van der Waals surface area contributed by atoms with Crippen LogP contribution in [0, 0.1) is 11.8 Å². The van der Waals surface area contributed by atoms with Gasteiger partial charge in [-0.3, -0.25) is 4.79 Å². The molecule has 3 unspecified atom stereocenters. The molecule has 0 aliphatic heterocycles. The monoisotopic (exact) mass is 243 g/mol. The Morgan fingerprint density at radius 1 is 1.41 bits per heavy atom. The summed E-state index contributed by atoms with van der Waals surface area (Å²) in [6.07, 6.45) is 4.70. The van der Waals surface area contributed by atoms with E-state index in [1.54, 1.807) is 0 Å². The van der Waals surface area contributed by atoms with E-state index in [1.165, 1.54) is 12.8 Å². The van der Waals surface area contributed by atoms with E-state index < -0.39 is 0 Å². The Balaban J connectivity index is 2.30. The Morgan fingerprint density at radius 3 is 2.65 bits per heavy atom. The second-order valence-electron chi connectivity index (χ2n) is 4.87. The van der Waals surface area contributed by atoms with Gasteiger partial charge in [-0.25, -0.2) is 0 Å². The largest absolute Gasteiger partial charge is 0.465 e. The zero-order valence-electron chi connectivity index (χ0n) is 10.9. The first-order chi connectivity index (χ1) is 8.19. The van der Waals surface area contributed by atoms with Crippen molar-refractivity contribution in [1.29, 1.82) is 0 Å². The van der Waals surface area contributed by atoms with Gasteiger partial charge in [-0.1, -0.05) is 12.8 Å². The maximum Gasteiger partial charge on any atom is 0.322 e. The van der Waals surface area contributed by atoms with Crippen LogP contribution in [0.5, 0.6) is 0 Å². The van der Waals surface area contributed by atoms with E-state index in [1.807, 2.05) is 13.8 Å². The molecule has 0 bridgehead atoms. The van der Waals surface area contributed by atoms with Gasteiger partial charge in [0.25, 0.3) is 0 Å². The minimum atomic E-state index is -0.254. The quantitative estimate of drug-likeness (QED) is 0.691. The second kappa shape index (κ2) is 7.67. The first-order valence-electron chi connectivity index (χ1n) is 6.69. The Hall–Kier alpha value is -0.610. The maximum absolute atomic E-state index is 11.4. The number of carbonyl (C=O) groups is 1. The van der Waals surface area contributed by atoms with Crippen LogP contribution in [0.4, 0.5) is 0 Å². The van der Waals surface area contributed by atoms with Crippen LogP contribution in [0.25, 0.3) is 0 Å². The number of nitrogens with one attached hydrogen (secondary N) is 1. The molecule has 3 atom stereocenters. The van der Waals surface area contributed by atoms with Crippen LogP contribution in [-0.2, 0) is 9.53 Å². The Kier molecular flexibility index (Phi) is 6.52. The highest BCUT2D eigenvalue weighted by molar-refractivity contribution is 5.75. The lowest BCUT2D eigenvalue weighted by Gasteiger charge is -2.31. The summed E-state index contributed by atoms with van der Waals surface area (Å²) in [6, 6.07) is -0.254. The van der Waals surface area contributed by atoms with Crippen LogP contribution in [-0.4, -0.2) is 36.9 Å². The molecule has 2 N–H and O–H groups in total. The molecule has 4 heteroatoms. The Bertz CT molecular complexity index is 233. The van der Waals surface area contributed by atoms with Gasteiger partial charge in [0.05, 0.1) is 6.61 Å². The molecule has 1 aliphatic carbocycles. The van der Waals surface area contributed by atoms with Gasteiger partial charge in [0.2, 0.25) is 0 Å². The van der Waals surface area contributed by atoms with Crippen LogP contribution in [0.3, 0.4) is 0 Å². The van der Waals surface area contributed by atoms with E-state index in [9.17, 15) is 9.90 Å². The number of carbonyl (C=O) groups excluding carboxylic acids is 1. The number of aliphatic hydroxyl groups excluding tert-OH is 1. The fourth-order valence-electron chi connectivity index (χ4n) is 2.47. The molecule has 0 aromatic rings. The fourth-order valence-corrected chi connectivity index (χ4v) is 2.47. The topological polar surface area (TPSA) is 58.6 Å². The maximum atomic E-state index is 11.4. The molecule has 17 heavy (non-hydrogen) atoms. The molecule has 4 nitrogen and oxygen atoms in total. The van der Waals surface area contributed by atoms with Crippen molar-refractivity contribution >= 4 is 5.97 Å². The van der Waals surface area contributed by atoms with Crippen molar-refractivity contribution in [3.63, 3.8) is 0 Å². The highest BCUT2D eigenvalue weighted by Gasteiger charge is 2.25. The molecular weight excluding hydrogens is 218 g/mol. The van der Waals surface area contributed by atoms with E-state index in [2.05, 4.69) is 5.32 Å².